The first-order chi connectivity index (χ1) is 10.8. The van der Waals surface area contributed by atoms with Crippen molar-refractivity contribution in [3.8, 4) is 6.07 Å². The summed E-state index contributed by atoms with van der Waals surface area (Å²) in [6.45, 7) is 2.54. The summed E-state index contributed by atoms with van der Waals surface area (Å²) < 4.78 is 1.72. The van der Waals surface area contributed by atoms with Crippen LogP contribution in [0, 0.1) is 11.3 Å². The van der Waals surface area contributed by atoms with Crippen molar-refractivity contribution in [1.29, 1.82) is 5.26 Å². The van der Waals surface area contributed by atoms with Gasteiger partial charge in [0.25, 0.3) is 0 Å². The summed E-state index contributed by atoms with van der Waals surface area (Å²) in [5, 5.41) is 17.1. The number of aryl methyl sites for hydroxylation is 1. The number of hydrogen-bond acceptors (Lipinski definition) is 6. The van der Waals surface area contributed by atoms with Gasteiger partial charge in [-0.3, -0.25) is 4.98 Å². The third kappa shape index (κ3) is 2.72. The van der Waals surface area contributed by atoms with E-state index in [1.54, 1.807) is 17.1 Å². The van der Waals surface area contributed by atoms with Crippen LogP contribution in [0.1, 0.15) is 25.1 Å². The molecule has 0 saturated carbocycles. The Morgan fingerprint density at radius 3 is 3.00 bits per heavy atom. The van der Waals surface area contributed by atoms with Gasteiger partial charge in [-0.05, 0) is 19.1 Å². The van der Waals surface area contributed by atoms with Gasteiger partial charge in [0, 0.05) is 6.20 Å². The molecule has 0 radical (unpaired) electrons. The Kier molecular flexibility index (Phi) is 3.92. The summed E-state index contributed by atoms with van der Waals surface area (Å²) in [7, 11) is 0. The summed E-state index contributed by atoms with van der Waals surface area (Å²) in [6.07, 6.45) is 5.39. The molecule has 0 unspecified atom stereocenters. The highest BCUT2D eigenvalue weighted by Gasteiger charge is 2.13. The van der Waals surface area contributed by atoms with E-state index in [0.717, 1.165) is 16.7 Å². The van der Waals surface area contributed by atoms with Gasteiger partial charge in [0.2, 0.25) is 0 Å². The zero-order valence-corrected chi connectivity index (χ0v) is 12.1. The molecule has 0 aliphatic rings. The zero-order valence-electron chi connectivity index (χ0n) is 12.1. The second-order valence-corrected chi connectivity index (χ2v) is 4.86. The fraction of sp³-hybridized carbons (Fsp3) is 0.267. The molecule has 1 N–H and O–H groups in total. The highest BCUT2D eigenvalue weighted by Crippen LogP contribution is 2.23. The summed E-state index contributed by atoms with van der Waals surface area (Å²) in [6, 6.07) is 7.93. The van der Waals surface area contributed by atoms with Crippen molar-refractivity contribution in [2.24, 2.45) is 0 Å². The van der Waals surface area contributed by atoms with Gasteiger partial charge in [-0.25, -0.2) is 14.6 Å². The van der Waals surface area contributed by atoms with Gasteiger partial charge in [0.15, 0.2) is 5.65 Å². The maximum absolute atomic E-state index is 8.69. The third-order valence-electron chi connectivity index (χ3n) is 3.35. The van der Waals surface area contributed by atoms with E-state index >= 15 is 0 Å². The molecule has 0 amide bonds. The highest BCUT2D eigenvalue weighted by atomic mass is 15.3. The maximum atomic E-state index is 8.69. The summed E-state index contributed by atoms with van der Waals surface area (Å²) in [5.74, 6) is 0.714. The van der Waals surface area contributed by atoms with Crippen molar-refractivity contribution in [2.75, 3.05) is 5.32 Å². The lowest BCUT2D eigenvalue weighted by atomic mass is 10.2. The first kappa shape index (κ1) is 13.9. The van der Waals surface area contributed by atoms with Crippen LogP contribution in [0.3, 0.4) is 0 Å². The van der Waals surface area contributed by atoms with E-state index in [9.17, 15) is 0 Å². The number of fused-ring (bicyclic) bond motifs is 1. The summed E-state index contributed by atoms with van der Waals surface area (Å²) in [5.41, 5.74) is 1.66. The molecule has 7 nitrogen and oxygen atoms in total. The number of nitrogens with one attached hydrogen (secondary N) is 1. The molecule has 0 spiro atoms. The van der Waals surface area contributed by atoms with E-state index in [2.05, 4.69) is 31.4 Å². The van der Waals surface area contributed by atoms with Gasteiger partial charge < -0.3 is 5.32 Å². The fourth-order valence-electron chi connectivity index (χ4n) is 2.24. The Balaban J connectivity index is 1.88. The Labute approximate surface area is 127 Å². The van der Waals surface area contributed by atoms with Gasteiger partial charge >= 0.3 is 0 Å². The van der Waals surface area contributed by atoms with Crippen LogP contribution in [0.25, 0.3) is 11.0 Å². The topological polar surface area (TPSA) is 92.3 Å². The van der Waals surface area contributed by atoms with Crippen LogP contribution in [0.4, 0.5) is 5.82 Å². The summed E-state index contributed by atoms with van der Waals surface area (Å²) in [4.78, 5) is 12.9. The molecule has 0 aliphatic carbocycles. The van der Waals surface area contributed by atoms with Crippen molar-refractivity contribution < 1.29 is 0 Å². The average Bonchev–Trinajstić information content (AvgIpc) is 2.98. The molecule has 3 rings (SSSR count). The minimum Gasteiger partial charge on any atom is -0.361 e. The smallest absolute Gasteiger partial charge is 0.163 e. The first-order valence-corrected chi connectivity index (χ1v) is 7.00. The molecular formula is C15H15N7. The quantitative estimate of drug-likeness (QED) is 0.776. The molecule has 3 aromatic heterocycles. The van der Waals surface area contributed by atoms with Crippen LogP contribution >= 0.6 is 0 Å². The van der Waals surface area contributed by atoms with E-state index in [-0.39, 0.29) is 6.04 Å². The first-order valence-electron chi connectivity index (χ1n) is 7.00. The van der Waals surface area contributed by atoms with E-state index in [0.29, 0.717) is 18.8 Å². The maximum Gasteiger partial charge on any atom is 0.163 e. The Bertz CT molecular complexity index is 804. The van der Waals surface area contributed by atoms with Crippen molar-refractivity contribution in [1.82, 2.24) is 24.7 Å². The zero-order chi connectivity index (χ0) is 15.4. The predicted molar refractivity (Wildman–Crippen MR) is 81.8 cm³/mol. The number of hydrogen-bond donors (Lipinski definition) is 1. The molecule has 7 heteroatoms. The second-order valence-electron chi connectivity index (χ2n) is 4.86. The molecule has 0 fully saturated rings. The van der Waals surface area contributed by atoms with Gasteiger partial charge in [0.05, 0.1) is 42.4 Å². The standard InChI is InChI=1S/C15H15N7/c1-11(13-5-2-3-7-17-13)21-14-12-9-20-22(8-4-6-16)15(12)19-10-18-14/h2-3,5,7,9-11H,4,8H2,1H3,(H,18,19,21)/t11-/m0/s1. The number of aromatic nitrogens is 5. The number of pyridine rings is 1. The molecule has 110 valence electrons. The van der Waals surface area contributed by atoms with Gasteiger partial charge in [-0.15, -0.1) is 0 Å². The van der Waals surface area contributed by atoms with Crippen molar-refractivity contribution >= 4 is 16.9 Å². The number of rotatable bonds is 5. The van der Waals surface area contributed by atoms with Crippen LogP contribution in [-0.2, 0) is 6.54 Å². The Morgan fingerprint density at radius 1 is 1.32 bits per heavy atom. The van der Waals surface area contributed by atoms with Crippen LogP contribution in [0.2, 0.25) is 0 Å². The third-order valence-corrected chi connectivity index (χ3v) is 3.35. The van der Waals surface area contributed by atoms with Crippen LogP contribution < -0.4 is 5.32 Å². The Hall–Kier alpha value is -3.01. The molecule has 0 aliphatic heterocycles. The molecule has 0 saturated heterocycles. The molecule has 3 heterocycles. The lowest BCUT2D eigenvalue weighted by Crippen LogP contribution is -2.10. The monoisotopic (exact) mass is 293 g/mol. The largest absolute Gasteiger partial charge is 0.361 e. The van der Waals surface area contributed by atoms with E-state index in [1.165, 1.54) is 6.33 Å². The van der Waals surface area contributed by atoms with Gasteiger partial charge in [-0.2, -0.15) is 10.4 Å². The van der Waals surface area contributed by atoms with Crippen LogP contribution in [0.15, 0.2) is 36.9 Å². The van der Waals surface area contributed by atoms with E-state index < -0.39 is 0 Å². The molecule has 3 aromatic rings. The minimum absolute atomic E-state index is 0.0155. The van der Waals surface area contributed by atoms with Gasteiger partial charge in [0.1, 0.15) is 12.1 Å². The average molecular weight is 293 g/mol. The number of anilines is 1. The van der Waals surface area contributed by atoms with E-state index in [1.807, 2.05) is 25.1 Å². The molecule has 1 atom stereocenters. The fourth-order valence-corrected chi connectivity index (χ4v) is 2.24. The van der Waals surface area contributed by atoms with Crippen LogP contribution in [0.5, 0.6) is 0 Å². The SMILES string of the molecule is C[C@H](Nc1ncnc2c1cnn2CCC#N)c1ccccn1. The summed E-state index contributed by atoms with van der Waals surface area (Å²) >= 11 is 0. The molecular weight excluding hydrogens is 278 g/mol. The van der Waals surface area contributed by atoms with E-state index in [4.69, 9.17) is 5.26 Å². The van der Waals surface area contributed by atoms with Crippen molar-refractivity contribution in [3.63, 3.8) is 0 Å². The van der Waals surface area contributed by atoms with Crippen LogP contribution in [-0.4, -0.2) is 24.7 Å². The normalized spacial score (nSPS) is 12.0. The lowest BCUT2D eigenvalue weighted by molar-refractivity contribution is 0.643. The second kappa shape index (κ2) is 6.18. The van der Waals surface area contributed by atoms with Crippen molar-refractivity contribution in [3.05, 3.63) is 42.6 Å². The number of nitrogens with zero attached hydrogens (tertiary/aromatic N) is 6. The highest BCUT2D eigenvalue weighted by molar-refractivity contribution is 5.86. The Morgan fingerprint density at radius 2 is 2.23 bits per heavy atom. The predicted octanol–water partition coefficient (Wildman–Crippen LogP) is 2.31. The van der Waals surface area contributed by atoms with Gasteiger partial charge in [-0.1, -0.05) is 6.07 Å². The molecule has 22 heavy (non-hydrogen) atoms. The molecule has 0 aromatic carbocycles. The number of nitriles is 1. The lowest BCUT2D eigenvalue weighted by Gasteiger charge is -2.14. The van der Waals surface area contributed by atoms with Crippen molar-refractivity contribution in [2.45, 2.75) is 25.9 Å². The molecule has 0 bridgehead atoms. The minimum atomic E-state index is 0.0155.